The Kier molecular flexibility index (Phi) is 4.44. The highest BCUT2D eigenvalue weighted by molar-refractivity contribution is 5.79. The van der Waals surface area contributed by atoms with Crippen molar-refractivity contribution in [3.63, 3.8) is 0 Å². The second-order valence-electron chi connectivity index (χ2n) is 6.57. The molecule has 2 atom stereocenters. The molecule has 1 aliphatic rings. The highest BCUT2D eigenvalue weighted by Crippen LogP contribution is 2.37. The average molecular weight is 262 g/mol. The highest BCUT2D eigenvalue weighted by atomic mass is 16.4. The maximum Gasteiger partial charge on any atom is 0.317 e. The largest absolute Gasteiger partial charge is 0.480 e. The van der Waals surface area contributed by atoms with Gasteiger partial charge < -0.3 is 5.11 Å². The molecule has 1 rings (SSSR count). The number of hydrogen-bond donors (Lipinski definition) is 1. The molecule has 19 heavy (non-hydrogen) atoms. The Morgan fingerprint density at radius 1 is 1.11 bits per heavy atom. The van der Waals surface area contributed by atoms with Crippen molar-refractivity contribution in [2.24, 2.45) is 22.7 Å². The zero-order valence-electron chi connectivity index (χ0n) is 12.9. The zero-order chi connectivity index (χ0) is 14.8. The molecule has 0 saturated heterocycles. The number of carbonyl (C=O) groups is 1. The number of rotatable bonds is 3. The SMILES string of the molecule is CC(C)C1=C/C(C)(C(=O)O)/C=C\C(C)(C(C)C)/C=C\1. The van der Waals surface area contributed by atoms with Crippen LogP contribution in [-0.4, -0.2) is 11.1 Å². The minimum absolute atomic E-state index is 0.106. The summed E-state index contributed by atoms with van der Waals surface area (Å²) in [6, 6.07) is 0. The number of allylic oxidation sites excluding steroid dienone is 4. The monoisotopic (exact) mass is 262 g/mol. The van der Waals surface area contributed by atoms with E-state index in [0.29, 0.717) is 11.8 Å². The number of carboxylic acid groups (broad SMARTS) is 1. The lowest BCUT2D eigenvalue weighted by molar-refractivity contribution is -0.142. The topological polar surface area (TPSA) is 37.3 Å². The molecular formula is C17H26O2. The molecule has 0 saturated carbocycles. The third kappa shape index (κ3) is 3.37. The lowest BCUT2D eigenvalue weighted by Crippen LogP contribution is -2.27. The molecule has 2 unspecified atom stereocenters. The first-order valence-electron chi connectivity index (χ1n) is 6.96. The van der Waals surface area contributed by atoms with Gasteiger partial charge in [0.2, 0.25) is 0 Å². The number of carboxylic acids is 1. The molecule has 106 valence electrons. The number of hydrogen-bond acceptors (Lipinski definition) is 1. The van der Waals surface area contributed by atoms with E-state index >= 15 is 0 Å². The Morgan fingerprint density at radius 3 is 2.11 bits per heavy atom. The Morgan fingerprint density at radius 2 is 1.68 bits per heavy atom. The van der Waals surface area contributed by atoms with Gasteiger partial charge in [-0.15, -0.1) is 0 Å². The van der Waals surface area contributed by atoms with E-state index in [9.17, 15) is 9.90 Å². The van der Waals surface area contributed by atoms with Gasteiger partial charge >= 0.3 is 5.97 Å². The van der Waals surface area contributed by atoms with Crippen LogP contribution in [0.1, 0.15) is 41.5 Å². The summed E-state index contributed by atoms with van der Waals surface area (Å²) >= 11 is 0. The molecule has 0 radical (unpaired) electrons. The second-order valence-corrected chi connectivity index (χ2v) is 6.57. The summed E-state index contributed by atoms with van der Waals surface area (Å²) in [5, 5.41) is 9.50. The van der Waals surface area contributed by atoms with Crippen LogP contribution in [0.5, 0.6) is 0 Å². The van der Waals surface area contributed by atoms with Crippen LogP contribution >= 0.6 is 0 Å². The van der Waals surface area contributed by atoms with Gasteiger partial charge in [-0.05, 0) is 24.3 Å². The van der Waals surface area contributed by atoms with Crippen LogP contribution in [0.15, 0.2) is 36.0 Å². The quantitative estimate of drug-likeness (QED) is 0.763. The molecule has 1 aliphatic carbocycles. The lowest BCUT2D eigenvalue weighted by atomic mass is 9.73. The summed E-state index contributed by atoms with van der Waals surface area (Å²) in [7, 11) is 0. The minimum Gasteiger partial charge on any atom is -0.480 e. The third-order valence-corrected chi connectivity index (χ3v) is 4.26. The molecular weight excluding hydrogens is 236 g/mol. The van der Waals surface area contributed by atoms with Crippen LogP contribution in [0.2, 0.25) is 0 Å². The van der Waals surface area contributed by atoms with Crippen molar-refractivity contribution in [2.45, 2.75) is 41.5 Å². The van der Waals surface area contributed by atoms with Gasteiger partial charge in [-0.2, -0.15) is 0 Å². The van der Waals surface area contributed by atoms with E-state index in [1.54, 1.807) is 6.92 Å². The van der Waals surface area contributed by atoms with Crippen molar-refractivity contribution in [3.05, 3.63) is 36.0 Å². The number of aliphatic carboxylic acids is 1. The average Bonchev–Trinajstić information content (AvgIpc) is 2.29. The Hall–Kier alpha value is -1.31. The standard InChI is InChI=1S/C17H26O2/c1-12(2)14-7-8-16(5,13(3)4)9-10-17(6,11-14)15(18)19/h7-13H,1-6H3,(H,18,19)/b8-7-,10-9-,14-11+. The molecule has 0 fully saturated rings. The maximum absolute atomic E-state index is 11.6. The zero-order valence-corrected chi connectivity index (χ0v) is 12.9. The van der Waals surface area contributed by atoms with E-state index in [4.69, 9.17) is 0 Å². The van der Waals surface area contributed by atoms with Gasteiger partial charge in [0.05, 0.1) is 0 Å². The van der Waals surface area contributed by atoms with Crippen LogP contribution in [0.4, 0.5) is 0 Å². The minimum atomic E-state index is -0.930. The van der Waals surface area contributed by atoms with E-state index in [1.165, 1.54) is 0 Å². The van der Waals surface area contributed by atoms with Gasteiger partial charge in [0.25, 0.3) is 0 Å². The first-order chi connectivity index (χ1) is 8.61. The van der Waals surface area contributed by atoms with Crippen LogP contribution in [0.3, 0.4) is 0 Å². The van der Waals surface area contributed by atoms with Gasteiger partial charge in [0.1, 0.15) is 5.41 Å². The van der Waals surface area contributed by atoms with Crippen LogP contribution in [0, 0.1) is 22.7 Å². The molecule has 0 bridgehead atoms. The fourth-order valence-corrected chi connectivity index (χ4v) is 2.00. The molecule has 0 aliphatic heterocycles. The summed E-state index contributed by atoms with van der Waals surface area (Å²) in [6.07, 6.45) is 10.0. The first kappa shape index (κ1) is 15.7. The molecule has 0 aromatic carbocycles. The van der Waals surface area contributed by atoms with Crippen molar-refractivity contribution in [3.8, 4) is 0 Å². The molecule has 1 N–H and O–H groups in total. The Labute approximate surface area is 116 Å². The molecule has 0 aromatic heterocycles. The van der Waals surface area contributed by atoms with E-state index in [1.807, 2.05) is 18.2 Å². The van der Waals surface area contributed by atoms with Gasteiger partial charge in [0.15, 0.2) is 0 Å². The van der Waals surface area contributed by atoms with Gasteiger partial charge in [-0.3, -0.25) is 4.79 Å². The lowest BCUT2D eigenvalue weighted by Gasteiger charge is -2.31. The molecule has 2 nitrogen and oxygen atoms in total. The first-order valence-corrected chi connectivity index (χ1v) is 6.96. The van der Waals surface area contributed by atoms with Crippen LogP contribution in [-0.2, 0) is 4.79 Å². The molecule has 0 spiro atoms. The Balaban J connectivity index is 3.40. The fraction of sp³-hybridized carbons (Fsp3) is 0.588. The fourth-order valence-electron chi connectivity index (χ4n) is 2.00. The van der Waals surface area contributed by atoms with Crippen LogP contribution in [0.25, 0.3) is 0 Å². The highest BCUT2D eigenvalue weighted by Gasteiger charge is 2.32. The smallest absolute Gasteiger partial charge is 0.317 e. The maximum atomic E-state index is 11.6. The van der Waals surface area contributed by atoms with Crippen LogP contribution < -0.4 is 0 Å². The molecule has 0 aromatic rings. The van der Waals surface area contributed by atoms with Gasteiger partial charge in [0, 0.05) is 5.41 Å². The van der Waals surface area contributed by atoms with Crippen molar-refractivity contribution < 1.29 is 9.90 Å². The molecule has 2 heteroatoms. The van der Waals surface area contributed by atoms with E-state index < -0.39 is 11.4 Å². The Bertz CT molecular complexity index is 440. The normalized spacial score (nSPS) is 37.4. The molecule has 0 heterocycles. The van der Waals surface area contributed by atoms with Crippen molar-refractivity contribution in [2.75, 3.05) is 0 Å². The van der Waals surface area contributed by atoms with Gasteiger partial charge in [-0.25, -0.2) is 0 Å². The predicted octanol–water partition coefficient (Wildman–Crippen LogP) is 4.45. The van der Waals surface area contributed by atoms with E-state index in [-0.39, 0.29) is 5.41 Å². The summed E-state index contributed by atoms with van der Waals surface area (Å²) in [5.41, 5.74) is 0.0483. The van der Waals surface area contributed by atoms with Crippen molar-refractivity contribution in [1.29, 1.82) is 0 Å². The predicted molar refractivity (Wildman–Crippen MR) is 79.9 cm³/mol. The van der Waals surface area contributed by atoms with Crippen molar-refractivity contribution >= 4 is 5.97 Å². The molecule has 0 amide bonds. The van der Waals surface area contributed by atoms with Crippen molar-refractivity contribution in [1.82, 2.24) is 0 Å². The summed E-state index contributed by atoms with van der Waals surface area (Å²) in [6.45, 7) is 12.4. The van der Waals surface area contributed by atoms with E-state index in [0.717, 1.165) is 5.57 Å². The summed E-state index contributed by atoms with van der Waals surface area (Å²) < 4.78 is 0. The van der Waals surface area contributed by atoms with Gasteiger partial charge in [-0.1, -0.05) is 65.0 Å². The summed E-state index contributed by atoms with van der Waals surface area (Å²) in [4.78, 5) is 11.6. The van der Waals surface area contributed by atoms with E-state index in [2.05, 4.69) is 46.8 Å². The third-order valence-electron chi connectivity index (χ3n) is 4.26. The summed E-state index contributed by atoms with van der Waals surface area (Å²) in [5.74, 6) is -0.0642. The second kappa shape index (κ2) is 5.36.